The first-order valence-electron chi connectivity index (χ1n) is 8.88. The van der Waals surface area contributed by atoms with Crippen molar-refractivity contribution < 1.29 is 0 Å². The van der Waals surface area contributed by atoms with Gasteiger partial charge in [-0.1, -0.05) is 32.8 Å². The molecule has 0 saturated heterocycles. The SMILES string of the molecule is C#CCCCCN=C=Nc1cccc(C#C[Si](CC)(CC)CC)c1. The van der Waals surface area contributed by atoms with Gasteiger partial charge in [-0.05, 0) is 49.2 Å². The number of hydrogen-bond donors (Lipinski definition) is 0. The molecule has 0 atom stereocenters. The van der Waals surface area contributed by atoms with Crippen molar-refractivity contribution in [2.24, 2.45) is 9.98 Å². The van der Waals surface area contributed by atoms with E-state index in [1.54, 1.807) is 0 Å². The monoisotopic (exact) mass is 336 g/mol. The number of unbranched alkanes of at least 4 members (excludes halogenated alkanes) is 2. The molecule has 24 heavy (non-hydrogen) atoms. The van der Waals surface area contributed by atoms with Crippen molar-refractivity contribution in [1.82, 2.24) is 0 Å². The molecule has 0 spiro atoms. The van der Waals surface area contributed by atoms with E-state index in [1.165, 1.54) is 18.1 Å². The van der Waals surface area contributed by atoms with Crippen LogP contribution in [0.1, 0.15) is 45.6 Å². The van der Waals surface area contributed by atoms with Crippen LogP contribution in [0.3, 0.4) is 0 Å². The fourth-order valence-electron chi connectivity index (χ4n) is 2.43. The Balaban J connectivity index is 2.74. The van der Waals surface area contributed by atoms with Crippen LogP contribution in [0.5, 0.6) is 0 Å². The van der Waals surface area contributed by atoms with Crippen molar-refractivity contribution in [1.29, 1.82) is 0 Å². The zero-order chi connectivity index (χ0) is 17.7. The largest absolute Gasteiger partial charge is 0.225 e. The van der Waals surface area contributed by atoms with Gasteiger partial charge in [0.1, 0.15) is 8.07 Å². The molecule has 1 rings (SSSR count). The van der Waals surface area contributed by atoms with Crippen LogP contribution in [0, 0.1) is 23.8 Å². The Bertz CT molecular complexity index is 655. The smallest absolute Gasteiger partial charge is 0.138 e. The van der Waals surface area contributed by atoms with Crippen molar-refractivity contribution in [2.75, 3.05) is 6.54 Å². The molecule has 126 valence electrons. The van der Waals surface area contributed by atoms with Crippen molar-refractivity contribution in [3.8, 4) is 23.8 Å². The van der Waals surface area contributed by atoms with Gasteiger partial charge in [-0.2, -0.15) is 4.99 Å². The third kappa shape index (κ3) is 7.01. The van der Waals surface area contributed by atoms with Crippen LogP contribution < -0.4 is 0 Å². The highest BCUT2D eigenvalue weighted by atomic mass is 28.3. The normalized spacial score (nSPS) is 10.1. The third-order valence-corrected chi connectivity index (χ3v) is 9.16. The molecule has 2 nitrogen and oxygen atoms in total. The van der Waals surface area contributed by atoms with E-state index >= 15 is 0 Å². The van der Waals surface area contributed by atoms with E-state index in [0.717, 1.165) is 37.1 Å². The van der Waals surface area contributed by atoms with Crippen LogP contribution in [-0.2, 0) is 0 Å². The highest BCUT2D eigenvalue weighted by Crippen LogP contribution is 2.19. The summed E-state index contributed by atoms with van der Waals surface area (Å²) in [6.07, 6.45) is 8.01. The Hall–Kier alpha value is -2.06. The van der Waals surface area contributed by atoms with Crippen molar-refractivity contribution in [2.45, 2.75) is 58.2 Å². The van der Waals surface area contributed by atoms with Crippen LogP contribution in [0.4, 0.5) is 5.69 Å². The number of hydrogen-bond acceptors (Lipinski definition) is 2. The Morgan fingerprint density at radius 3 is 2.50 bits per heavy atom. The predicted octanol–water partition coefficient (Wildman–Crippen LogP) is 5.69. The lowest BCUT2D eigenvalue weighted by Crippen LogP contribution is -2.29. The van der Waals surface area contributed by atoms with E-state index in [1.807, 2.05) is 24.3 Å². The first-order valence-corrected chi connectivity index (χ1v) is 11.5. The van der Waals surface area contributed by atoms with Crippen LogP contribution in [0.2, 0.25) is 18.1 Å². The second-order valence-corrected chi connectivity index (χ2v) is 10.8. The van der Waals surface area contributed by atoms with Crippen molar-refractivity contribution >= 4 is 19.8 Å². The Morgan fingerprint density at radius 1 is 1.08 bits per heavy atom. The van der Waals surface area contributed by atoms with E-state index in [2.05, 4.69) is 54.1 Å². The summed E-state index contributed by atoms with van der Waals surface area (Å²) in [5, 5.41) is 0. The van der Waals surface area contributed by atoms with Gasteiger partial charge in [-0.15, -0.1) is 17.9 Å². The zero-order valence-electron chi connectivity index (χ0n) is 15.2. The first kappa shape index (κ1) is 20.0. The number of nitrogens with zero attached hydrogens (tertiary/aromatic N) is 2. The second-order valence-electron chi connectivity index (χ2n) is 5.90. The lowest BCUT2D eigenvalue weighted by molar-refractivity contribution is 0.771. The molecule has 0 fully saturated rings. The Kier molecular flexibility index (Phi) is 9.55. The molecule has 1 aromatic carbocycles. The maximum Gasteiger partial charge on any atom is 0.138 e. The van der Waals surface area contributed by atoms with Crippen LogP contribution in [0.25, 0.3) is 0 Å². The van der Waals surface area contributed by atoms with E-state index < -0.39 is 8.07 Å². The molecule has 3 heteroatoms. The minimum atomic E-state index is -1.40. The molecular weight excluding hydrogens is 308 g/mol. The maximum absolute atomic E-state index is 5.21. The van der Waals surface area contributed by atoms with Gasteiger partial charge < -0.3 is 0 Å². The number of rotatable bonds is 8. The van der Waals surface area contributed by atoms with E-state index in [9.17, 15) is 0 Å². The minimum Gasteiger partial charge on any atom is -0.225 e. The van der Waals surface area contributed by atoms with Crippen LogP contribution in [0.15, 0.2) is 34.3 Å². The van der Waals surface area contributed by atoms with Crippen LogP contribution >= 0.6 is 0 Å². The molecule has 1 aromatic rings. The lowest BCUT2D eigenvalue weighted by Gasteiger charge is -2.19. The molecule has 0 aromatic heterocycles. The minimum absolute atomic E-state index is 0.725. The second kappa shape index (κ2) is 11.5. The van der Waals surface area contributed by atoms with E-state index in [4.69, 9.17) is 6.42 Å². The summed E-state index contributed by atoms with van der Waals surface area (Å²) in [7, 11) is -1.40. The average Bonchev–Trinajstić information content (AvgIpc) is 2.63. The lowest BCUT2D eigenvalue weighted by atomic mass is 10.2. The van der Waals surface area contributed by atoms with Crippen LogP contribution in [-0.4, -0.2) is 20.6 Å². The topological polar surface area (TPSA) is 24.7 Å². The summed E-state index contributed by atoms with van der Waals surface area (Å²) >= 11 is 0. The van der Waals surface area contributed by atoms with E-state index in [0.29, 0.717) is 0 Å². The van der Waals surface area contributed by atoms with Gasteiger partial charge in [0.2, 0.25) is 0 Å². The first-order chi connectivity index (χ1) is 11.7. The molecule has 0 aliphatic carbocycles. The van der Waals surface area contributed by atoms with Gasteiger partial charge in [0, 0.05) is 18.5 Å². The average molecular weight is 337 g/mol. The molecule has 0 saturated carbocycles. The fraction of sp³-hybridized carbons (Fsp3) is 0.476. The molecule has 0 radical (unpaired) electrons. The summed E-state index contributed by atoms with van der Waals surface area (Å²) in [5.41, 5.74) is 5.49. The maximum atomic E-state index is 5.21. The van der Waals surface area contributed by atoms with Gasteiger partial charge in [0.25, 0.3) is 0 Å². The van der Waals surface area contributed by atoms with E-state index in [-0.39, 0.29) is 0 Å². The van der Waals surface area contributed by atoms with Gasteiger partial charge in [-0.25, -0.2) is 4.99 Å². The quantitative estimate of drug-likeness (QED) is 0.252. The zero-order valence-corrected chi connectivity index (χ0v) is 16.2. The molecule has 0 amide bonds. The number of benzene rings is 1. The van der Waals surface area contributed by atoms with Gasteiger partial charge >= 0.3 is 0 Å². The fourth-order valence-corrected chi connectivity index (χ4v) is 4.87. The number of terminal acetylenes is 1. The standard InChI is InChI=1S/C21H28N2Si/c1-5-9-10-11-16-22-19-23-21-14-12-13-20(18-21)15-17-24(6-2,7-3)8-4/h1,12-14,18H,6-11,16H2,2-4H3. The summed E-state index contributed by atoms with van der Waals surface area (Å²) in [4.78, 5) is 8.45. The molecule has 0 unspecified atom stereocenters. The van der Waals surface area contributed by atoms with Crippen molar-refractivity contribution in [3.63, 3.8) is 0 Å². The summed E-state index contributed by atoms with van der Waals surface area (Å²) < 4.78 is 0. The summed E-state index contributed by atoms with van der Waals surface area (Å²) in [6, 6.07) is 14.4. The predicted molar refractivity (Wildman–Crippen MR) is 108 cm³/mol. The Morgan fingerprint density at radius 2 is 1.83 bits per heavy atom. The molecule has 0 bridgehead atoms. The van der Waals surface area contributed by atoms with Gasteiger partial charge in [0.05, 0.1) is 11.7 Å². The molecule has 0 heterocycles. The Labute approximate surface area is 148 Å². The highest BCUT2D eigenvalue weighted by Gasteiger charge is 2.24. The van der Waals surface area contributed by atoms with Gasteiger partial charge in [0.15, 0.2) is 0 Å². The molecule has 0 aliphatic rings. The van der Waals surface area contributed by atoms with Crippen molar-refractivity contribution in [3.05, 3.63) is 29.8 Å². The summed E-state index contributed by atoms with van der Waals surface area (Å²) in [5.74, 6) is 6.01. The number of aliphatic imine (C=N–C) groups is 2. The summed E-state index contributed by atoms with van der Waals surface area (Å²) in [6.45, 7) is 7.54. The highest BCUT2D eigenvalue weighted by molar-refractivity contribution is 6.87. The molecule has 0 N–H and O–H groups in total. The third-order valence-electron chi connectivity index (χ3n) is 4.44. The molecular formula is C21H28N2Si. The van der Waals surface area contributed by atoms with Gasteiger partial charge in [-0.3, -0.25) is 0 Å². The molecule has 0 aliphatic heterocycles.